The third kappa shape index (κ3) is 6.20. The standard InChI is InChI=1S/C63H40N4/c64-41-43-29-33-49(34-30-43)66(47-21-9-3-10-22-47)51-37-38-56-57(39-51)52-25-13-15-27-54(52)61-60-55-28-16-14-26-53(55)59(67(48-23-11-4-12-24-48)50-35-31-44(42-65)32-36-50)40-58(60)63(62(56)61,45-17-5-1-6-18-45)46-19-7-2-8-20-46/h1-40H. The minimum Gasteiger partial charge on any atom is -0.310 e. The Bertz CT molecular complexity index is 3700. The van der Waals surface area contributed by atoms with Crippen LogP contribution in [0, 0.1) is 22.7 Å². The molecule has 0 fully saturated rings. The van der Waals surface area contributed by atoms with Gasteiger partial charge < -0.3 is 9.80 Å². The molecule has 4 nitrogen and oxygen atoms in total. The number of hydrogen-bond acceptors (Lipinski definition) is 4. The summed E-state index contributed by atoms with van der Waals surface area (Å²) in [5.74, 6) is 0. The predicted octanol–water partition coefficient (Wildman–Crippen LogP) is 16.2. The Morgan fingerprint density at radius 3 is 1.27 bits per heavy atom. The van der Waals surface area contributed by atoms with Gasteiger partial charge >= 0.3 is 0 Å². The van der Waals surface area contributed by atoms with Gasteiger partial charge in [0.15, 0.2) is 0 Å². The summed E-state index contributed by atoms with van der Waals surface area (Å²) in [6.07, 6.45) is 0. The third-order valence-corrected chi connectivity index (χ3v) is 13.5. The first-order valence-electron chi connectivity index (χ1n) is 22.5. The lowest BCUT2D eigenvalue weighted by molar-refractivity contribution is 0.776. The molecule has 0 spiro atoms. The highest BCUT2D eigenvalue weighted by atomic mass is 15.1. The Morgan fingerprint density at radius 1 is 0.313 bits per heavy atom. The van der Waals surface area contributed by atoms with Crippen LogP contribution in [0.1, 0.15) is 33.4 Å². The maximum atomic E-state index is 9.85. The summed E-state index contributed by atoms with van der Waals surface area (Å²) < 4.78 is 0. The number of nitrogens with zero attached hydrogens (tertiary/aromatic N) is 4. The van der Waals surface area contributed by atoms with E-state index in [1.165, 1.54) is 49.5 Å². The molecule has 0 heterocycles. The van der Waals surface area contributed by atoms with Crippen molar-refractivity contribution in [2.45, 2.75) is 5.41 Å². The summed E-state index contributed by atoms with van der Waals surface area (Å²) in [5, 5.41) is 26.5. The van der Waals surface area contributed by atoms with E-state index in [4.69, 9.17) is 0 Å². The summed E-state index contributed by atoms with van der Waals surface area (Å²) in [6, 6.07) is 90.7. The van der Waals surface area contributed by atoms with Crippen LogP contribution in [-0.2, 0) is 5.41 Å². The quantitative estimate of drug-likeness (QED) is 0.143. The molecule has 1 aliphatic carbocycles. The number of rotatable bonds is 8. The first kappa shape index (κ1) is 39.4. The summed E-state index contributed by atoms with van der Waals surface area (Å²) in [6.45, 7) is 0. The summed E-state index contributed by atoms with van der Waals surface area (Å²) in [4.78, 5) is 4.62. The van der Waals surface area contributed by atoms with Crippen LogP contribution in [0.15, 0.2) is 243 Å². The van der Waals surface area contributed by atoms with Crippen molar-refractivity contribution in [2.75, 3.05) is 9.80 Å². The molecule has 0 N–H and O–H groups in total. The van der Waals surface area contributed by atoms with Gasteiger partial charge in [-0.25, -0.2) is 0 Å². The van der Waals surface area contributed by atoms with Crippen molar-refractivity contribution in [3.05, 3.63) is 276 Å². The smallest absolute Gasteiger partial charge is 0.0991 e. The van der Waals surface area contributed by atoms with Gasteiger partial charge in [-0.2, -0.15) is 10.5 Å². The minimum atomic E-state index is -0.769. The average molecular weight is 853 g/mol. The van der Waals surface area contributed by atoms with Gasteiger partial charge in [0.25, 0.3) is 0 Å². The second-order valence-electron chi connectivity index (χ2n) is 17.0. The molecule has 0 amide bonds. The highest BCUT2D eigenvalue weighted by molar-refractivity contribution is 6.24. The highest BCUT2D eigenvalue weighted by Crippen LogP contribution is 2.63. The molecule has 67 heavy (non-hydrogen) atoms. The fourth-order valence-electron chi connectivity index (χ4n) is 10.7. The Balaban J connectivity index is 1.24. The predicted molar refractivity (Wildman–Crippen MR) is 275 cm³/mol. The molecule has 0 radical (unpaired) electrons. The van der Waals surface area contributed by atoms with Gasteiger partial charge in [-0.15, -0.1) is 0 Å². The zero-order valence-electron chi connectivity index (χ0n) is 36.4. The van der Waals surface area contributed by atoms with Crippen LogP contribution < -0.4 is 9.80 Å². The van der Waals surface area contributed by atoms with Gasteiger partial charge in [0, 0.05) is 33.8 Å². The maximum Gasteiger partial charge on any atom is 0.0991 e. The third-order valence-electron chi connectivity index (χ3n) is 13.5. The molecular formula is C63H40N4. The molecule has 0 atom stereocenters. The summed E-state index contributed by atoms with van der Waals surface area (Å²) >= 11 is 0. The number of nitriles is 2. The van der Waals surface area contributed by atoms with Gasteiger partial charge in [-0.05, 0) is 151 Å². The molecule has 0 bridgehead atoms. The Kier molecular flexibility index (Phi) is 9.46. The molecule has 312 valence electrons. The maximum absolute atomic E-state index is 9.85. The van der Waals surface area contributed by atoms with Gasteiger partial charge in [-0.1, -0.05) is 152 Å². The SMILES string of the molecule is N#Cc1ccc(N(c2ccccc2)c2ccc3c4c(c5ccccc5c3c2)-c2c(cc(N(c3ccccc3)c3ccc(C#N)cc3)c3ccccc23)C4(c2ccccc2)c2ccccc2)cc1. The Labute approximate surface area is 389 Å². The summed E-state index contributed by atoms with van der Waals surface area (Å²) in [5.41, 5.74) is 13.8. The molecule has 0 aliphatic heterocycles. The van der Waals surface area contributed by atoms with Gasteiger partial charge in [-0.3, -0.25) is 0 Å². The van der Waals surface area contributed by atoms with Crippen LogP contribution in [0.2, 0.25) is 0 Å². The molecule has 11 aromatic carbocycles. The summed E-state index contributed by atoms with van der Waals surface area (Å²) in [7, 11) is 0. The van der Waals surface area contributed by atoms with E-state index in [0.717, 1.165) is 50.3 Å². The van der Waals surface area contributed by atoms with Crippen molar-refractivity contribution in [2.24, 2.45) is 0 Å². The topological polar surface area (TPSA) is 54.1 Å². The minimum absolute atomic E-state index is 0.615. The highest BCUT2D eigenvalue weighted by Gasteiger charge is 2.49. The van der Waals surface area contributed by atoms with E-state index in [1.807, 2.05) is 42.5 Å². The zero-order chi connectivity index (χ0) is 44.9. The van der Waals surface area contributed by atoms with Gasteiger partial charge in [0.1, 0.15) is 0 Å². The molecule has 0 aromatic heterocycles. The van der Waals surface area contributed by atoms with E-state index in [2.05, 4.69) is 222 Å². The molecule has 0 unspecified atom stereocenters. The van der Waals surface area contributed by atoms with Crippen molar-refractivity contribution in [3.8, 4) is 23.3 Å². The number of anilines is 6. The lowest BCUT2D eigenvalue weighted by Crippen LogP contribution is -2.29. The first-order chi connectivity index (χ1) is 33.2. The lowest BCUT2D eigenvalue weighted by Gasteiger charge is -2.36. The normalized spacial score (nSPS) is 12.3. The van der Waals surface area contributed by atoms with Crippen LogP contribution in [0.3, 0.4) is 0 Å². The number of para-hydroxylation sites is 2. The zero-order valence-corrected chi connectivity index (χ0v) is 36.4. The Morgan fingerprint density at radius 2 is 0.731 bits per heavy atom. The van der Waals surface area contributed by atoms with Crippen LogP contribution in [-0.4, -0.2) is 0 Å². The largest absolute Gasteiger partial charge is 0.310 e. The molecule has 0 saturated heterocycles. The van der Waals surface area contributed by atoms with E-state index in [-0.39, 0.29) is 0 Å². The van der Waals surface area contributed by atoms with Crippen LogP contribution in [0.5, 0.6) is 0 Å². The first-order valence-corrected chi connectivity index (χ1v) is 22.5. The monoisotopic (exact) mass is 852 g/mol. The van der Waals surface area contributed by atoms with Crippen LogP contribution >= 0.6 is 0 Å². The van der Waals surface area contributed by atoms with Crippen LogP contribution in [0.25, 0.3) is 43.4 Å². The molecule has 1 aliphatic rings. The van der Waals surface area contributed by atoms with Gasteiger partial charge in [0.2, 0.25) is 0 Å². The second kappa shape index (κ2) is 16.1. The second-order valence-corrected chi connectivity index (χ2v) is 17.0. The van der Waals surface area contributed by atoms with Crippen LogP contribution in [0.4, 0.5) is 34.1 Å². The van der Waals surface area contributed by atoms with Crippen molar-refractivity contribution in [1.29, 1.82) is 10.5 Å². The molecule has 0 saturated carbocycles. The fourth-order valence-corrected chi connectivity index (χ4v) is 10.7. The van der Waals surface area contributed by atoms with E-state index < -0.39 is 5.41 Å². The van der Waals surface area contributed by atoms with Crippen molar-refractivity contribution >= 4 is 66.4 Å². The van der Waals surface area contributed by atoms with Crippen molar-refractivity contribution in [3.63, 3.8) is 0 Å². The molecule has 12 rings (SSSR count). The average Bonchev–Trinajstić information content (AvgIpc) is 3.72. The lowest BCUT2D eigenvalue weighted by atomic mass is 9.66. The van der Waals surface area contributed by atoms with Crippen molar-refractivity contribution in [1.82, 2.24) is 0 Å². The van der Waals surface area contributed by atoms with E-state index in [1.54, 1.807) is 0 Å². The molecule has 11 aromatic rings. The molecule has 4 heteroatoms. The number of hydrogen-bond donors (Lipinski definition) is 0. The van der Waals surface area contributed by atoms with Gasteiger partial charge in [0.05, 0.1) is 34.4 Å². The molecular weight excluding hydrogens is 813 g/mol. The van der Waals surface area contributed by atoms with E-state index in [9.17, 15) is 10.5 Å². The fraction of sp³-hybridized carbons (Fsp3) is 0.0159. The van der Waals surface area contributed by atoms with E-state index in [0.29, 0.717) is 11.1 Å². The Hall–Kier alpha value is -9.22. The number of fused-ring (bicyclic) bond motifs is 10. The van der Waals surface area contributed by atoms with Crippen molar-refractivity contribution < 1.29 is 0 Å². The number of benzene rings is 11. The van der Waals surface area contributed by atoms with E-state index >= 15 is 0 Å².